The molecule has 0 aromatic carbocycles. The molecule has 1 aliphatic rings. The molecule has 1 amide bonds. The molecule has 1 fully saturated rings. The Bertz CT molecular complexity index is 308. The van der Waals surface area contributed by atoms with Crippen LogP contribution in [-0.4, -0.2) is 50.8 Å². The Morgan fingerprint density at radius 2 is 1.83 bits per heavy atom. The van der Waals surface area contributed by atoms with Crippen LogP contribution in [0, 0.1) is 11.8 Å². The lowest BCUT2D eigenvalue weighted by Crippen LogP contribution is -2.34. The first-order valence-electron chi connectivity index (χ1n) is 9.85. The molecule has 24 heavy (non-hydrogen) atoms. The van der Waals surface area contributed by atoms with E-state index in [1.807, 2.05) is 18.8 Å². The normalized spacial score (nSPS) is 20.9. The number of nitrogens with one attached hydrogen (secondary N) is 2. The minimum atomic E-state index is 0.239. The van der Waals surface area contributed by atoms with Crippen molar-refractivity contribution in [2.24, 2.45) is 11.8 Å². The van der Waals surface area contributed by atoms with E-state index in [-0.39, 0.29) is 11.8 Å². The van der Waals surface area contributed by atoms with E-state index in [0.29, 0.717) is 5.92 Å². The molecular formula is C19H38N2O2S. The highest BCUT2D eigenvalue weighted by atomic mass is 32.2. The zero-order valence-electron chi connectivity index (χ0n) is 15.8. The van der Waals surface area contributed by atoms with Gasteiger partial charge in [-0.2, -0.15) is 11.8 Å². The van der Waals surface area contributed by atoms with Crippen LogP contribution in [0.15, 0.2) is 0 Å². The van der Waals surface area contributed by atoms with Crippen molar-refractivity contribution in [3.8, 4) is 0 Å². The summed E-state index contributed by atoms with van der Waals surface area (Å²) in [5.74, 6) is 3.63. The van der Waals surface area contributed by atoms with Gasteiger partial charge in [0.1, 0.15) is 0 Å². The van der Waals surface area contributed by atoms with Gasteiger partial charge in [-0.15, -0.1) is 0 Å². The van der Waals surface area contributed by atoms with E-state index in [9.17, 15) is 4.79 Å². The fourth-order valence-corrected chi connectivity index (χ4v) is 4.08. The van der Waals surface area contributed by atoms with Gasteiger partial charge in [0, 0.05) is 25.7 Å². The molecule has 1 saturated carbocycles. The van der Waals surface area contributed by atoms with E-state index < -0.39 is 0 Å². The third-order valence-electron chi connectivity index (χ3n) is 4.65. The number of hydrogen-bond acceptors (Lipinski definition) is 4. The molecule has 0 saturated heterocycles. The van der Waals surface area contributed by atoms with Gasteiger partial charge in [0.25, 0.3) is 0 Å². The summed E-state index contributed by atoms with van der Waals surface area (Å²) >= 11 is 2.02. The van der Waals surface area contributed by atoms with E-state index in [2.05, 4.69) is 17.6 Å². The summed E-state index contributed by atoms with van der Waals surface area (Å²) in [6.45, 7) is 5.84. The number of amides is 1. The first-order valence-corrected chi connectivity index (χ1v) is 11.0. The maximum Gasteiger partial charge on any atom is 0.223 e. The van der Waals surface area contributed by atoms with Gasteiger partial charge in [-0.1, -0.05) is 6.92 Å². The highest BCUT2D eigenvalue weighted by Gasteiger charge is 2.25. The Hall–Kier alpha value is -0.260. The Morgan fingerprint density at radius 3 is 2.54 bits per heavy atom. The summed E-state index contributed by atoms with van der Waals surface area (Å²) < 4.78 is 5.65. The molecule has 5 heteroatoms. The molecule has 0 atom stereocenters. The van der Waals surface area contributed by atoms with Crippen LogP contribution < -0.4 is 10.6 Å². The second kappa shape index (κ2) is 15.0. The van der Waals surface area contributed by atoms with Crippen molar-refractivity contribution < 1.29 is 9.53 Å². The highest BCUT2D eigenvalue weighted by molar-refractivity contribution is 7.99. The Balaban J connectivity index is 1.95. The highest BCUT2D eigenvalue weighted by Crippen LogP contribution is 2.29. The first-order chi connectivity index (χ1) is 11.8. The maximum absolute atomic E-state index is 12.2. The molecule has 142 valence electrons. The largest absolute Gasteiger partial charge is 0.381 e. The molecule has 4 nitrogen and oxygen atoms in total. The van der Waals surface area contributed by atoms with Crippen molar-refractivity contribution in [2.75, 3.05) is 44.9 Å². The van der Waals surface area contributed by atoms with Crippen LogP contribution in [0.2, 0.25) is 0 Å². The van der Waals surface area contributed by atoms with Crippen molar-refractivity contribution in [3.05, 3.63) is 0 Å². The average molecular weight is 359 g/mol. The lowest BCUT2D eigenvalue weighted by molar-refractivity contribution is -0.126. The lowest BCUT2D eigenvalue weighted by atomic mass is 9.82. The summed E-state index contributed by atoms with van der Waals surface area (Å²) in [6.07, 6.45) is 8.99. The summed E-state index contributed by atoms with van der Waals surface area (Å²) in [4.78, 5) is 12.2. The Morgan fingerprint density at radius 1 is 1.08 bits per heavy atom. The Kier molecular flexibility index (Phi) is 13.6. The van der Waals surface area contributed by atoms with E-state index in [0.717, 1.165) is 64.8 Å². The van der Waals surface area contributed by atoms with Gasteiger partial charge in [-0.25, -0.2) is 0 Å². The van der Waals surface area contributed by atoms with Crippen molar-refractivity contribution in [1.82, 2.24) is 10.6 Å². The number of unbranched alkanes of at least 4 members (excludes halogenated alkanes) is 1. The van der Waals surface area contributed by atoms with Crippen LogP contribution in [0.3, 0.4) is 0 Å². The summed E-state index contributed by atoms with van der Waals surface area (Å²) in [5, 5.41) is 6.31. The predicted octanol–water partition coefficient (Wildman–Crippen LogP) is 3.46. The van der Waals surface area contributed by atoms with E-state index in [1.54, 1.807) is 0 Å². The minimum Gasteiger partial charge on any atom is -0.381 e. The number of hydrogen-bond donors (Lipinski definition) is 2. The molecule has 0 spiro atoms. The van der Waals surface area contributed by atoms with Gasteiger partial charge in [0.05, 0.1) is 0 Å². The minimum absolute atomic E-state index is 0.239. The molecule has 0 aromatic rings. The van der Waals surface area contributed by atoms with Crippen molar-refractivity contribution >= 4 is 17.7 Å². The maximum atomic E-state index is 12.2. The second-order valence-corrected chi connectivity index (χ2v) is 8.08. The van der Waals surface area contributed by atoms with Crippen molar-refractivity contribution in [3.63, 3.8) is 0 Å². The monoisotopic (exact) mass is 358 g/mol. The first kappa shape index (κ1) is 21.8. The van der Waals surface area contributed by atoms with Crippen LogP contribution in [0.1, 0.15) is 58.3 Å². The molecule has 0 heterocycles. The van der Waals surface area contributed by atoms with Gasteiger partial charge in [-0.05, 0) is 82.4 Å². The van der Waals surface area contributed by atoms with Gasteiger partial charge >= 0.3 is 0 Å². The third-order valence-corrected chi connectivity index (χ3v) is 5.80. The number of rotatable bonds is 14. The van der Waals surface area contributed by atoms with Gasteiger partial charge in [0.2, 0.25) is 5.91 Å². The van der Waals surface area contributed by atoms with E-state index in [1.165, 1.54) is 24.3 Å². The number of ether oxygens (including phenoxy) is 1. The van der Waals surface area contributed by atoms with Gasteiger partial charge in [0.15, 0.2) is 0 Å². The van der Waals surface area contributed by atoms with E-state index >= 15 is 0 Å². The molecule has 0 bridgehead atoms. The molecule has 0 unspecified atom stereocenters. The fraction of sp³-hybridized carbons (Fsp3) is 0.947. The zero-order valence-corrected chi connectivity index (χ0v) is 16.6. The second-order valence-electron chi connectivity index (χ2n) is 6.86. The predicted molar refractivity (Wildman–Crippen MR) is 105 cm³/mol. The quantitative estimate of drug-likeness (QED) is 0.467. The smallest absolute Gasteiger partial charge is 0.223 e. The lowest BCUT2D eigenvalue weighted by Gasteiger charge is -2.27. The standard InChI is InChI=1S/C19H38N2O2S/c1-3-13-23-16-17-7-9-18(10-8-17)19(22)21-12-4-5-14-24-15-6-11-20-2/h17-18,20H,3-16H2,1-2H3,(H,21,22). The molecular weight excluding hydrogens is 320 g/mol. The van der Waals surface area contributed by atoms with Gasteiger partial charge < -0.3 is 15.4 Å². The number of carbonyl (C=O) groups excluding carboxylic acids is 1. The van der Waals surface area contributed by atoms with Crippen molar-refractivity contribution in [2.45, 2.75) is 58.3 Å². The average Bonchev–Trinajstić information content (AvgIpc) is 2.61. The van der Waals surface area contributed by atoms with Gasteiger partial charge in [-0.3, -0.25) is 4.79 Å². The van der Waals surface area contributed by atoms with Crippen LogP contribution in [0.25, 0.3) is 0 Å². The molecule has 1 rings (SSSR count). The van der Waals surface area contributed by atoms with E-state index in [4.69, 9.17) is 4.74 Å². The molecule has 1 aliphatic carbocycles. The molecule has 0 aromatic heterocycles. The van der Waals surface area contributed by atoms with Crippen LogP contribution in [0.5, 0.6) is 0 Å². The number of thioether (sulfide) groups is 1. The molecule has 2 N–H and O–H groups in total. The van der Waals surface area contributed by atoms with Crippen LogP contribution in [-0.2, 0) is 9.53 Å². The number of carbonyl (C=O) groups is 1. The fourth-order valence-electron chi connectivity index (χ4n) is 3.12. The summed E-state index contributed by atoms with van der Waals surface area (Å²) in [5.41, 5.74) is 0. The SMILES string of the molecule is CCCOCC1CCC(C(=O)NCCCCSCCCNC)CC1. The summed E-state index contributed by atoms with van der Waals surface area (Å²) in [6, 6.07) is 0. The topological polar surface area (TPSA) is 50.4 Å². The zero-order chi connectivity index (χ0) is 17.5. The third kappa shape index (κ3) is 10.6. The van der Waals surface area contributed by atoms with Crippen molar-refractivity contribution in [1.29, 1.82) is 0 Å². The van der Waals surface area contributed by atoms with Crippen LogP contribution in [0.4, 0.5) is 0 Å². The molecule has 0 aliphatic heterocycles. The Labute approximate surface area is 153 Å². The summed E-state index contributed by atoms with van der Waals surface area (Å²) in [7, 11) is 2.00. The van der Waals surface area contributed by atoms with Crippen LogP contribution >= 0.6 is 11.8 Å². The molecule has 0 radical (unpaired) electrons.